The van der Waals surface area contributed by atoms with Crippen LogP contribution in [-0.2, 0) is 17.9 Å². The second-order valence-electron chi connectivity index (χ2n) is 6.88. The number of carbonyl (C=O) groups excluding carboxylic acids is 1. The van der Waals surface area contributed by atoms with Gasteiger partial charge in [0.25, 0.3) is 0 Å². The van der Waals surface area contributed by atoms with Crippen molar-refractivity contribution in [3.05, 3.63) is 64.9 Å². The minimum absolute atomic E-state index is 0.0963. The van der Waals surface area contributed by atoms with Crippen molar-refractivity contribution in [1.82, 2.24) is 20.2 Å². The first-order chi connectivity index (χ1) is 13.1. The Kier molecular flexibility index (Phi) is 5.11. The van der Waals surface area contributed by atoms with Crippen LogP contribution >= 0.6 is 11.6 Å². The van der Waals surface area contributed by atoms with E-state index >= 15 is 0 Å². The lowest BCUT2D eigenvalue weighted by atomic mass is 10.1. The number of likely N-dealkylation sites (tertiary alicyclic amines) is 1. The predicted octanol–water partition coefficient (Wildman–Crippen LogP) is 2.47. The molecule has 4 rings (SSSR count). The molecule has 0 aliphatic carbocycles. The van der Waals surface area contributed by atoms with Gasteiger partial charge in [-0.3, -0.25) is 9.69 Å². The minimum Gasteiger partial charge on any atom is -0.392 e. The van der Waals surface area contributed by atoms with Crippen LogP contribution in [-0.4, -0.2) is 44.6 Å². The Morgan fingerprint density at radius 1 is 1.26 bits per heavy atom. The van der Waals surface area contributed by atoms with Gasteiger partial charge in [0.2, 0.25) is 5.91 Å². The second-order valence-corrected chi connectivity index (χ2v) is 7.32. The zero-order valence-corrected chi connectivity index (χ0v) is 15.5. The van der Waals surface area contributed by atoms with Gasteiger partial charge in [-0.25, -0.2) is 4.98 Å². The fraction of sp³-hybridized carbons (Fsp3) is 0.300. The first-order valence-corrected chi connectivity index (χ1v) is 9.34. The first-order valence-electron chi connectivity index (χ1n) is 8.96. The molecule has 1 amide bonds. The summed E-state index contributed by atoms with van der Waals surface area (Å²) >= 11 is 5.93. The number of hydrogen-bond donors (Lipinski definition) is 3. The van der Waals surface area contributed by atoms with Gasteiger partial charge < -0.3 is 15.4 Å². The SMILES string of the molecule is O=C(NCc1nc2ccccc2[nH]1)[C@@H]1C[C@@H](O)CN1Cc1ccc(Cl)cc1. The molecule has 0 spiro atoms. The highest BCUT2D eigenvalue weighted by Crippen LogP contribution is 2.22. The highest BCUT2D eigenvalue weighted by atomic mass is 35.5. The number of aromatic nitrogens is 2. The summed E-state index contributed by atoms with van der Waals surface area (Å²) < 4.78 is 0. The van der Waals surface area contributed by atoms with Gasteiger partial charge in [0, 0.05) is 18.1 Å². The van der Waals surface area contributed by atoms with Crippen molar-refractivity contribution in [1.29, 1.82) is 0 Å². The number of aliphatic hydroxyl groups excluding tert-OH is 1. The van der Waals surface area contributed by atoms with Crippen LogP contribution in [0, 0.1) is 0 Å². The van der Waals surface area contributed by atoms with Crippen LogP contribution < -0.4 is 5.32 Å². The number of aliphatic hydroxyl groups is 1. The number of halogens is 1. The largest absolute Gasteiger partial charge is 0.392 e. The van der Waals surface area contributed by atoms with E-state index in [1.165, 1.54) is 0 Å². The summed E-state index contributed by atoms with van der Waals surface area (Å²) in [7, 11) is 0. The number of nitrogens with one attached hydrogen (secondary N) is 2. The van der Waals surface area contributed by atoms with E-state index in [1.54, 1.807) is 0 Å². The normalized spacial score (nSPS) is 20.2. The highest BCUT2D eigenvalue weighted by Gasteiger charge is 2.35. The molecule has 1 saturated heterocycles. The number of imidazole rings is 1. The number of nitrogens with zero attached hydrogens (tertiary/aromatic N) is 2. The van der Waals surface area contributed by atoms with Crippen molar-refractivity contribution in [3.8, 4) is 0 Å². The molecule has 140 valence electrons. The van der Waals surface area contributed by atoms with Crippen LogP contribution in [0.1, 0.15) is 17.8 Å². The lowest BCUT2D eigenvalue weighted by molar-refractivity contribution is -0.125. The van der Waals surface area contributed by atoms with Gasteiger partial charge in [-0.1, -0.05) is 35.9 Å². The number of β-amino-alcohol motifs (C(OH)–C–C–N with tert-alkyl or cyclic N) is 1. The lowest BCUT2D eigenvalue weighted by Crippen LogP contribution is -2.42. The standard InChI is InChI=1S/C20H21ClN4O2/c21-14-7-5-13(6-8-14)11-25-12-15(26)9-18(25)20(27)22-10-19-23-16-3-1-2-4-17(16)24-19/h1-8,15,18,26H,9-12H2,(H,22,27)(H,23,24)/t15-,18+/m1/s1. The van der Waals surface area contributed by atoms with Crippen LogP contribution in [0.3, 0.4) is 0 Å². The van der Waals surface area contributed by atoms with Gasteiger partial charge >= 0.3 is 0 Å². The van der Waals surface area contributed by atoms with E-state index in [-0.39, 0.29) is 11.9 Å². The van der Waals surface area contributed by atoms with E-state index in [4.69, 9.17) is 11.6 Å². The summed E-state index contributed by atoms with van der Waals surface area (Å²) in [6.45, 7) is 1.40. The number of para-hydroxylation sites is 2. The molecule has 2 heterocycles. The van der Waals surface area contributed by atoms with Crippen molar-refractivity contribution < 1.29 is 9.90 Å². The second kappa shape index (κ2) is 7.68. The molecule has 2 atom stereocenters. The Balaban J connectivity index is 1.40. The summed E-state index contributed by atoms with van der Waals surface area (Å²) in [5.41, 5.74) is 2.88. The number of fused-ring (bicyclic) bond motifs is 1. The topological polar surface area (TPSA) is 81.2 Å². The average Bonchev–Trinajstić information content (AvgIpc) is 3.24. The molecule has 3 aromatic rings. The van der Waals surface area contributed by atoms with Crippen LogP contribution in [0.15, 0.2) is 48.5 Å². The maximum Gasteiger partial charge on any atom is 0.237 e. The minimum atomic E-state index is -0.501. The zero-order valence-electron chi connectivity index (χ0n) is 14.7. The third-order valence-corrected chi connectivity index (χ3v) is 5.10. The van der Waals surface area contributed by atoms with E-state index < -0.39 is 6.10 Å². The van der Waals surface area contributed by atoms with Crippen molar-refractivity contribution in [2.24, 2.45) is 0 Å². The molecule has 1 aliphatic heterocycles. The number of rotatable bonds is 5. The van der Waals surface area contributed by atoms with Crippen molar-refractivity contribution >= 4 is 28.5 Å². The molecule has 0 radical (unpaired) electrons. The van der Waals surface area contributed by atoms with Crippen LogP contribution in [0.5, 0.6) is 0 Å². The molecule has 3 N–H and O–H groups in total. The number of benzene rings is 2. The highest BCUT2D eigenvalue weighted by molar-refractivity contribution is 6.30. The third-order valence-electron chi connectivity index (χ3n) is 4.85. The third kappa shape index (κ3) is 4.13. The fourth-order valence-corrected chi connectivity index (χ4v) is 3.66. The number of amides is 1. The monoisotopic (exact) mass is 384 g/mol. The van der Waals surface area contributed by atoms with E-state index in [0.717, 1.165) is 16.6 Å². The Hall–Kier alpha value is -2.41. The molecule has 1 aromatic heterocycles. The zero-order chi connectivity index (χ0) is 18.8. The smallest absolute Gasteiger partial charge is 0.237 e. The van der Waals surface area contributed by atoms with Crippen LogP contribution in [0.25, 0.3) is 11.0 Å². The van der Waals surface area contributed by atoms with E-state index in [0.29, 0.717) is 36.9 Å². The Morgan fingerprint density at radius 2 is 2.04 bits per heavy atom. The Labute approximate surface area is 162 Å². The van der Waals surface area contributed by atoms with Gasteiger partial charge in [-0.05, 0) is 36.2 Å². The molecule has 0 unspecified atom stereocenters. The molecular formula is C20H21ClN4O2. The van der Waals surface area contributed by atoms with Crippen LogP contribution in [0.4, 0.5) is 0 Å². The van der Waals surface area contributed by atoms with Crippen molar-refractivity contribution in [3.63, 3.8) is 0 Å². The maximum absolute atomic E-state index is 12.7. The van der Waals surface area contributed by atoms with Crippen LogP contribution in [0.2, 0.25) is 5.02 Å². The van der Waals surface area contributed by atoms with Crippen molar-refractivity contribution in [2.45, 2.75) is 31.7 Å². The molecule has 2 aromatic carbocycles. The van der Waals surface area contributed by atoms with Gasteiger partial charge in [-0.15, -0.1) is 0 Å². The molecule has 27 heavy (non-hydrogen) atoms. The molecule has 0 bridgehead atoms. The number of H-pyrrole nitrogens is 1. The molecule has 1 aliphatic rings. The summed E-state index contributed by atoms with van der Waals surface area (Å²) in [4.78, 5) is 22.4. The van der Waals surface area contributed by atoms with Gasteiger partial charge in [0.05, 0.1) is 29.7 Å². The lowest BCUT2D eigenvalue weighted by Gasteiger charge is -2.23. The van der Waals surface area contributed by atoms with Gasteiger partial charge in [0.1, 0.15) is 5.82 Å². The van der Waals surface area contributed by atoms with E-state index in [1.807, 2.05) is 53.4 Å². The predicted molar refractivity (Wildman–Crippen MR) is 104 cm³/mol. The Bertz CT molecular complexity index is 908. The fourth-order valence-electron chi connectivity index (χ4n) is 3.53. The molecule has 6 nitrogen and oxygen atoms in total. The number of aromatic amines is 1. The summed E-state index contributed by atoms with van der Waals surface area (Å²) in [6.07, 6.45) is -0.0706. The molecule has 7 heteroatoms. The van der Waals surface area contributed by atoms with E-state index in [2.05, 4.69) is 15.3 Å². The van der Waals surface area contributed by atoms with E-state index in [9.17, 15) is 9.90 Å². The van der Waals surface area contributed by atoms with Gasteiger partial charge in [0.15, 0.2) is 0 Å². The maximum atomic E-state index is 12.7. The number of hydrogen-bond acceptors (Lipinski definition) is 4. The number of carbonyl (C=O) groups is 1. The molecule has 1 fully saturated rings. The summed E-state index contributed by atoms with van der Waals surface area (Å²) in [5, 5.41) is 13.7. The molecular weight excluding hydrogens is 364 g/mol. The van der Waals surface area contributed by atoms with Gasteiger partial charge in [-0.2, -0.15) is 0 Å². The average molecular weight is 385 g/mol. The Morgan fingerprint density at radius 3 is 2.81 bits per heavy atom. The summed E-state index contributed by atoms with van der Waals surface area (Å²) in [6, 6.07) is 14.9. The van der Waals surface area contributed by atoms with Crippen molar-refractivity contribution in [2.75, 3.05) is 6.54 Å². The summed E-state index contributed by atoms with van der Waals surface area (Å²) in [5.74, 6) is 0.619. The molecule has 0 saturated carbocycles. The quantitative estimate of drug-likeness (QED) is 0.631. The first kappa shape index (κ1) is 18.0.